The lowest BCUT2D eigenvalue weighted by Gasteiger charge is -2.16. The summed E-state index contributed by atoms with van der Waals surface area (Å²) in [7, 11) is 0. The molecule has 0 aliphatic heterocycles. The van der Waals surface area contributed by atoms with Crippen molar-refractivity contribution in [2.24, 2.45) is 0 Å². The van der Waals surface area contributed by atoms with E-state index < -0.39 is 5.92 Å². The minimum Gasteiger partial charge on any atom is -0.355 e. The average molecular weight is 445 g/mol. The zero-order valence-corrected chi connectivity index (χ0v) is 18.6. The Kier molecular flexibility index (Phi) is 7.97. The van der Waals surface area contributed by atoms with Gasteiger partial charge in [-0.25, -0.2) is 0 Å². The van der Waals surface area contributed by atoms with Crippen molar-refractivity contribution in [3.63, 3.8) is 0 Å². The normalized spacial score (nSPS) is 11.8. The van der Waals surface area contributed by atoms with Gasteiger partial charge in [0.1, 0.15) is 15.0 Å². The third-order valence-electron chi connectivity index (χ3n) is 4.37. The van der Waals surface area contributed by atoms with Crippen LogP contribution in [0.3, 0.4) is 0 Å². The van der Waals surface area contributed by atoms with Gasteiger partial charge in [0.05, 0.1) is 5.92 Å². The first-order chi connectivity index (χ1) is 14.5. The van der Waals surface area contributed by atoms with Crippen LogP contribution < -0.4 is 10.6 Å². The molecule has 2 heterocycles. The van der Waals surface area contributed by atoms with E-state index in [0.29, 0.717) is 5.13 Å². The SMILES string of the molecule is CC(=O)NCC(C(=O)Nc1nnc(CCCCc2nnc(C)s2)s1)c1ccccc1. The molecule has 10 heteroatoms. The maximum atomic E-state index is 12.8. The van der Waals surface area contributed by atoms with Crippen molar-refractivity contribution in [1.82, 2.24) is 25.7 Å². The molecule has 0 aliphatic carbocycles. The molecule has 2 amide bonds. The molecule has 2 aromatic heterocycles. The molecule has 0 saturated carbocycles. The summed E-state index contributed by atoms with van der Waals surface area (Å²) in [4.78, 5) is 24.1. The van der Waals surface area contributed by atoms with Gasteiger partial charge in [-0.05, 0) is 25.3 Å². The number of aromatic nitrogens is 4. The molecule has 1 atom stereocenters. The lowest BCUT2D eigenvalue weighted by atomic mass is 9.98. The molecule has 0 aliphatic rings. The highest BCUT2D eigenvalue weighted by atomic mass is 32.1. The van der Waals surface area contributed by atoms with Gasteiger partial charge in [0, 0.05) is 26.3 Å². The fourth-order valence-electron chi connectivity index (χ4n) is 2.88. The monoisotopic (exact) mass is 444 g/mol. The van der Waals surface area contributed by atoms with Gasteiger partial charge in [0.2, 0.25) is 16.9 Å². The van der Waals surface area contributed by atoms with Crippen LogP contribution in [0.1, 0.15) is 46.3 Å². The number of rotatable bonds is 10. The largest absolute Gasteiger partial charge is 0.355 e. The molecule has 8 nitrogen and oxygen atoms in total. The minimum atomic E-state index is -0.502. The number of amides is 2. The number of carbonyl (C=O) groups is 2. The summed E-state index contributed by atoms with van der Waals surface area (Å²) in [5, 5.41) is 25.4. The van der Waals surface area contributed by atoms with Gasteiger partial charge in [-0.2, -0.15) is 0 Å². The fourth-order valence-corrected chi connectivity index (χ4v) is 4.42. The maximum Gasteiger partial charge on any atom is 0.235 e. The van der Waals surface area contributed by atoms with E-state index >= 15 is 0 Å². The Morgan fingerprint density at radius 1 is 0.967 bits per heavy atom. The summed E-state index contributed by atoms with van der Waals surface area (Å²) in [6.07, 6.45) is 3.69. The Labute approximate surface area is 183 Å². The smallest absolute Gasteiger partial charge is 0.235 e. The molecular weight excluding hydrogens is 420 g/mol. The van der Waals surface area contributed by atoms with Crippen molar-refractivity contribution in [2.75, 3.05) is 11.9 Å². The summed E-state index contributed by atoms with van der Waals surface area (Å²) >= 11 is 3.01. The second kappa shape index (κ2) is 10.9. The number of aryl methyl sites for hydroxylation is 3. The summed E-state index contributed by atoms with van der Waals surface area (Å²) in [5.41, 5.74) is 0.834. The third kappa shape index (κ3) is 6.67. The molecule has 3 rings (SSSR count). The molecule has 0 saturated heterocycles. The van der Waals surface area contributed by atoms with Crippen LogP contribution in [0.15, 0.2) is 30.3 Å². The highest BCUT2D eigenvalue weighted by molar-refractivity contribution is 7.15. The van der Waals surface area contributed by atoms with Gasteiger partial charge in [-0.15, -0.1) is 31.7 Å². The van der Waals surface area contributed by atoms with Crippen LogP contribution in [0.5, 0.6) is 0 Å². The van der Waals surface area contributed by atoms with E-state index in [9.17, 15) is 9.59 Å². The molecule has 158 valence electrons. The van der Waals surface area contributed by atoms with E-state index in [1.807, 2.05) is 37.3 Å². The van der Waals surface area contributed by atoms with Crippen LogP contribution >= 0.6 is 22.7 Å². The quantitative estimate of drug-likeness (QED) is 0.465. The lowest BCUT2D eigenvalue weighted by molar-refractivity contribution is -0.119. The average Bonchev–Trinajstić information content (AvgIpc) is 3.34. The standard InChI is InChI=1S/C20H24N6O2S2/c1-13(27)21-12-16(15-8-4-3-5-9-15)19(28)22-20-26-25-18(30-20)11-7-6-10-17-24-23-14(2)29-17/h3-5,8-9,16H,6-7,10-12H2,1-2H3,(H,21,27)(H,22,26,28). The summed E-state index contributed by atoms with van der Waals surface area (Å²) in [5.74, 6) is -0.896. The molecule has 0 radical (unpaired) electrons. The van der Waals surface area contributed by atoms with Crippen LogP contribution in [0.4, 0.5) is 5.13 Å². The van der Waals surface area contributed by atoms with E-state index in [2.05, 4.69) is 31.0 Å². The summed E-state index contributed by atoms with van der Waals surface area (Å²) in [6, 6.07) is 9.37. The molecule has 0 spiro atoms. The zero-order valence-electron chi connectivity index (χ0n) is 16.9. The van der Waals surface area contributed by atoms with E-state index in [-0.39, 0.29) is 18.4 Å². The first-order valence-corrected chi connectivity index (χ1v) is 11.4. The first-order valence-electron chi connectivity index (χ1n) is 9.73. The highest BCUT2D eigenvalue weighted by Gasteiger charge is 2.22. The molecule has 2 N–H and O–H groups in total. The lowest BCUT2D eigenvalue weighted by Crippen LogP contribution is -2.33. The summed E-state index contributed by atoms with van der Waals surface area (Å²) in [6.45, 7) is 3.61. The van der Waals surface area contributed by atoms with E-state index in [1.54, 1.807) is 11.3 Å². The van der Waals surface area contributed by atoms with Gasteiger partial charge >= 0.3 is 0 Å². The number of benzene rings is 1. The molecule has 30 heavy (non-hydrogen) atoms. The van der Waals surface area contributed by atoms with Crippen molar-refractivity contribution in [1.29, 1.82) is 0 Å². The number of unbranched alkanes of at least 4 members (excludes halogenated alkanes) is 1. The van der Waals surface area contributed by atoms with Gasteiger partial charge in [-0.1, -0.05) is 41.7 Å². The van der Waals surface area contributed by atoms with Crippen molar-refractivity contribution < 1.29 is 9.59 Å². The highest BCUT2D eigenvalue weighted by Crippen LogP contribution is 2.22. The topological polar surface area (TPSA) is 110 Å². The predicted octanol–water partition coefficient (Wildman–Crippen LogP) is 3.12. The van der Waals surface area contributed by atoms with Crippen LogP contribution in [0.25, 0.3) is 0 Å². The van der Waals surface area contributed by atoms with Gasteiger partial charge in [0.25, 0.3) is 0 Å². The minimum absolute atomic E-state index is 0.175. The summed E-state index contributed by atoms with van der Waals surface area (Å²) < 4.78 is 0. The number of carbonyl (C=O) groups excluding carboxylic acids is 2. The Morgan fingerprint density at radius 3 is 2.27 bits per heavy atom. The van der Waals surface area contributed by atoms with E-state index in [0.717, 1.165) is 46.3 Å². The fraction of sp³-hybridized carbons (Fsp3) is 0.400. The van der Waals surface area contributed by atoms with E-state index in [4.69, 9.17) is 0 Å². The van der Waals surface area contributed by atoms with Crippen molar-refractivity contribution in [3.8, 4) is 0 Å². The second-order valence-corrected chi connectivity index (χ2v) is 9.14. The van der Waals surface area contributed by atoms with Crippen molar-refractivity contribution >= 4 is 39.6 Å². The van der Waals surface area contributed by atoms with Crippen molar-refractivity contribution in [3.05, 3.63) is 50.9 Å². The zero-order chi connectivity index (χ0) is 21.3. The van der Waals surface area contributed by atoms with Gasteiger partial charge in [-0.3, -0.25) is 14.9 Å². The number of nitrogens with one attached hydrogen (secondary N) is 2. The maximum absolute atomic E-state index is 12.8. The molecule has 0 fully saturated rings. The van der Waals surface area contributed by atoms with Crippen molar-refractivity contribution in [2.45, 2.75) is 45.4 Å². The van der Waals surface area contributed by atoms with Gasteiger partial charge in [0.15, 0.2) is 0 Å². The Balaban J connectivity index is 1.52. The molecule has 3 aromatic rings. The number of anilines is 1. The van der Waals surface area contributed by atoms with Crippen LogP contribution in [-0.2, 0) is 22.4 Å². The molecule has 0 bridgehead atoms. The number of nitrogens with zero attached hydrogens (tertiary/aromatic N) is 4. The second-order valence-electron chi connectivity index (χ2n) is 6.81. The van der Waals surface area contributed by atoms with E-state index in [1.165, 1.54) is 18.3 Å². The third-order valence-corrected chi connectivity index (χ3v) is 6.17. The van der Waals surface area contributed by atoms with Crippen LogP contribution in [0, 0.1) is 6.92 Å². The number of hydrogen-bond donors (Lipinski definition) is 2. The van der Waals surface area contributed by atoms with Gasteiger partial charge < -0.3 is 5.32 Å². The molecule has 1 unspecified atom stereocenters. The first kappa shape index (κ1) is 22.0. The Bertz CT molecular complexity index is 973. The Hall–Kier alpha value is -2.72. The van der Waals surface area contributed by atoms with Crippen LogP contribution in [-0.4, -0.2) is 38.8 Å². The predicted molar refractivity (Wildman–Crippen MR) is 118 cm³/mol. The molecule has 1 aromatic carbocycles. The molecular formula is C20H24N6O2S2. The van der Waals surface area contributed by atoms with Crippen LogP contribution in [0.2, 0.25) is 0 Å². The Morgan fingerprint density at radius 2 is 1.63 bits per heavy atom. The number of hydrogen-bond acceptors (Lipinski definition) is 8.